The van der Waals surface area contributed by atoms with Gasteiger partial charge in [-0.15, -0.1) is 0 Å². The Bertz CT molecular complexity index is 2400. The number of imide groups is 2. The number of alkyl halides is 3. The third-order valence-corrected chi connectivity index (χ3v) is 11.1. The number of carbonyl (C=O) groups excluding carboxylic acids is 5. The number of amides is 5. The molecule has 0 spiro atoms. The van der Waals surface area contributed by atoms with E-state index in [1.54, 1.807) is 43.1 Å². The molecule has 0 radical (unpaired) electrons. The highest BCUT2D eigenvalue weighted by Gasteiger charge is 2.47. The maximum absolute atomic E-state index is 15.0. The van der Waals surface area contributed by atoms with Crippen LogP contribution in [0, 0.1) is 18.2 Å². The van der Waals surface area contributed by atoms with E-state index in [-0.39, 0.29) is 59.7 Å². The van der Waals surface area contributed by atoms with Crippen molar-refractivity contribution in [3.8, 4) is 11.5 Å². The second-order valence-corrected chi connectivity index (χ2v) is 15.5. The lowest BCUT2D eigenvalue weighted by molar-refractivity contribution is -0.140. The van der Waals surface area contributed by atoms with E-state index in [0.29, 0.717) is 59.5 Å². The van der Waals surface area contributed by atoms with E-state index in [1.165, 1.54) is 26.2 Å². The lowest BCUT2D eigenvalue weighted by atomic mass is 10.0. The average Bonchev–Trinajstić information content (AvgIpc) is 3.91. The fourth-order valence-electron chi connectivity index (χ4n) is 7.68. The number of nitrogens with zero attached hydrogens (tertiary/aromatic N) is 4. The van der Waals surface area contributed by atoms with Gasteiger partial charge in [0, 0.05) is 61.1 Å². The fourth-order valence-corrected chi connectivity index (χ4v) is 7.68. The number of halogens is 4. The quantitative estimate of drug-likeness (QED) is 0.0709. The van der Waals surface area contributed by atoms with E-state index >= 15 is 4.39 Å². The van der Waals surface area contributed by atoms with Gasteiger partial charge in [0.1, 0.15) is 23.5 Å². The molecule has 2 aliphatic heterocycles. The maximum Gasteiger partial charge on any atom is 0.419 e. The number of hydrogen-bond acceptors (Lipinski definition) is 11. The smallest absolute Gasteiger partial charge is 0.419 e. The number of hydrogen-bond donors (Lipinski definition) is 3. The summed E-state index contributed by atoms with van der Waals surface area (Å²) in [7, 11) is 3.20. The van der Waals surface area contributed by atoms with Crippen molar-refractivity contribution in [3.05, 3.63) is 82.4 Å². The highest BCUT2D eigenvalue weighted by Crippen LogP contribution is 2.47. The Kier molecular flexibility index (Phi) is 11.4. The van der Waals surface area contributed by atoms with Crippen molar-refractivity contribution in [2.75, 3.05) is 44.5 Å². The molecule has 18 heteroatoms. The van der Waals surface area contributed by atoms with Gasteiger partial charge in [-0.1, -0.05) is 18.2 Å². The Morgan fingerprint density at radius 3 is 2.52 bits per heavy atom. The van der Waals surface area contributed by atoms with Crippen molar-refractivity contribution < 1.29 is 51.0 Å². The second-order valence-electron chi connectivity index (χ2n) is 15.5. The molecule has 4 aromatic rings. The Labute approximate surface area is 342 Å². The van der Waals surface area contributed by atoms with Gasteiger partial charge in [0.15, 0.2) is 11.5 Å². The zero-order valence-corrected chi connectivity index (χ0v) is 33.3. The van der Waals surface area contributed by atoms with E-state index in [2.05, 4.69) is 25.9 Å². The van der Waals surface area contributed by atoms with Crippen LogP contribution >= 0.6 is 0 Å². The fraction of sp³-hybridized carbons (Fsp3) is 0.405. The van der Waals surface area contributed by atoms with Crippen LogP contribution < -0.4 is 25.4 Å². The predicted molar refractivity (Wildman–Crippen MR) is 210 cm³/mol. The molecule has 3 aromatic carbocycles. The van der Waals surface area contributed by atoms with E-state index in [4.69, 9.17) is 9.47 Å². The minimum atomic E-state index is -4.86. The molecule has 2 atom stereocenters. The van der Waals surface area contributed by atoms with Crippen LogP contribution in [0.25, 0.3) is 10.9 Å². The Hall–Kier alpha value is -6.33. The number of rotatable bonds is 15. The number of benzene rings is 3. The summed E-state index contributed by atoms with van der Waals surface area (Å²) in [4.78, 5) is 75.4. The molecular weight excluding hydrogens is 790 g/mol. The predicted octanol–water partition coefficient (Wildman–Crippen LogP) is 6.19. The van der Waals surface area contributed by atoms with Crippen LogP contribution in [-0.4, -0.2) is 89.2 Å². The summed E-state index contributed by atoms with van der Waals surface area (Å²) in [5.74, 6) is -2.47. The Morgan fingerprint density at radius 1 is 1.07 bits per heavy atom. The minimum Gasteiger partial charge on any atom is -0.493 e. The molecule has 7 rings (SSSR count). The number of fused-ring (bicyclic) bond motifs is 2. The number of ether oxygens (including phenoxy) is 2. The molecule has 0 bridgehead atoms. The molecule has 5 amide bonds. The van der Waals surface area contributed by atoms with Crippen molar-refractivity contribution in [2.24, 2.45) is 5.41 Å². The highest BCUT2D eigenvalue weighted by molar-refractivity contribution is 6.25. The van der Waals surface area contributed by atoms with Gasteiger partial charge in [-0.25, -0.2) is 14.4 Å². The number of aromatic nitrogens is 2. The summed E-state index contributed by atoms with van der Waals surface area (Å²) in [5.41, 5.74) is -0.688. The minimum absolute atomic E-state index is 0.0168. The van der Waals surface area contributed by atoms with E-state index in [1.807, 2.05) is 0 Å². The van der Waals surface area contributed by atoms with Crippen LogP contribution in [0.15, 0.2) is 48.5 Å². The van der Waals surface area contributed by atoms with Crippen molar-refractivity contribution in [1.82, 2.24) is 25.1 Å². The molecule has 2 fully saturated rings. The molecule has 3 aliphatic rings. The summed E-state index contributed by atoms with van der Waals surface area (Å²) in [6.45, 7) is 4.18. The number of aryl methyl sites for hydroxylation is 1. The summed E-state index contributed by atoms with van der Waals surface area (Å²) in [6.07, 6.45) is -2.57. The van der Waals surface area contributed by atoms with Crippen LogP contribution in [0.3, 0.4) is 0 Å². The van der Waals surface area contributed by atoms with Gasteiger partial charge < -0.3 is 25.0 Å². The van der Waals surface area contributed by atoms with Crippen molar-refractivity contribution in [2.45, 2.75) is 70.6 Å². The molecule has 316 valence electrons. The van der Waals surface area contributed by atoms with Crippen LogP contribution in [0.5, 0.6) is 11.5 Å². The van der Waals surface area contributed by atoms with Gasteiger partial charge in [0.2, 0.25) is 17.7 Å². The van der Waals surface area contributed by atoms with Crippen molar-refractivity contribution >= 4 is 51.9 Å². The van der Waals surface area contributed by atoms with Crippen LogP contribution in [0.4, 0.5) is 29.1 Å². The van der Waals surface area contributed by atoms with Gasteiger partial charge >= 0.3 is 6.18 Å². The van der Waals surface area contributed by atoms with Gasteiger partial charge in [-0.2, -0.15) is 13.2 Å². The summed E-state index contributed by atoms with van der Waals surface area (Å²) in [6, 6.07) is 9.28. The first-order valence-corrected chi connectivity index (χ1v) is 19.4. The second kappa shape index (κ2) is 16.4. The zero-order chi connectivity index (χ0) is 43.1. The molecule has 1 saturated heterocycles. The third-order valence-electron chi connectivity index (χ3n) is 11.1. The molecule has 60 heavy (non-hydrogen) atoms. The average molecular weight is 834 g/mol. The molecule has 14 nitrogen and oxygen atoms in total. The molecule has 1 unspecified atom stereocenters. The SMILES string of the molecule is COc1cc2nc(C)nc(N[C@H](C)c3cccc(C(F)(F)F)c3F)c2cc1OCC1(CN(C)C(=O)CCCNc2cccc3c2C(=O)N(C2CCC(=O)NC2=O)C3=O)CC1. The largest absolute Gasteiger partial charge is 0.493 e. The van der Waals surface area contributed by atoms with Crippen LogP contribution in [0.1, 0.15) is 89.2 Å². The summed E-state index contributed by atoms with van der Waals surface area (Å²) in [5, 5.41) is 8.88. The normalized spacial score (nSPS) is 17.6. The van der Waals surface area contributed by atoms with E-state index < -0.39 is 53.3 Å². The highest BCUT2D eigenvalue weighted by atomic mass is 19.4. The van der Waals surface area contributed by atoms with E-state index in [9.17, 15) is 37.1 Å². The third kappa shape index (κ3) is 8.40. The molecule has 1 saturated carbocycles. The zero-order valence-electron chi connectivity index (χ0n) is 33.3. The molecule has 3 heterocycles. The van der Waals surface area contributed by atoms with Gasteiger partial charge in [-0.3, -0.25) is 34.2 Å². The molecule has 1 aromatic heterocycles. The first-order valence-electron chi connectivity index (χ1n) is 19.4. The maximum atomic E-state index is 15.0. The topological polar surface area (TPSA) is 172 Å². The number of piperidine rings is 1. The Balaban J connectivity index is 0.956. The number of anilines is 2. The number of carbonyl (C=O) groups is 5. The van der Waals surface area contributed by atoms with Gasteiger partial charge in [0.25, 0.3) is 11.8 Å². The van der Waals surface area contributed by atoms with Gasteiger partial charge in [-0.05, 0) is 63.8 Å². The molecule has 3 N–H and O–H groups in total. The first kappa shape index (κ1) is 41.8. The molecule has 1 aliphatic carbocycles. The lowest BCUT2D eigenvalue weighted by Crippen LogP contribution is -2.54. The van der Waals surface area contributed by atoms with Crippen molar-refractivity contribution in [3.63, 3.8) is 0 Å². The van der Waals surface area contributed by atoms with Crippen molar-refractivity contribution in [1.29, 1.82) is 0 Å². The monoisotopic (exact) mass is 833 g/mol. The summed E-state index contributed by atoms with van der Waals surface area (Å²) < 4.78 is 67.3. The number of methoxy groups -OCH3 is 1. The van der Waals surface area contributed by atoms with Crippen LogP contribution in [-0.2, 0) is 20.6 Å². The summed E-state index contributed by atoms with van der Waals surface area (Å²) >= 11 is 0. The standard InChI is InChI=1S/C42H43F4N7O7/c1-22(24-8-5-10-27(36(24)43)42(44,45)46)48-37-26-18-32(31(59-4)19-29(26)49-23(2)50-37)60-21-41(15-16-41)20-52(3)34(55)12-7-17-47-28-11-6-9-25-35(28)40(58)53(39(25)57)30-13-14-33(54)51-38(30)56/h5-6,8-11,18-19,22,30,47H,7,12-17,20-21H2,1-4H3,(H,48,49,50)(H,51,54,56)/t22-,30?/m1/s1. The van der Waals surface area contributed by atoms with E-state index in [0.717, 1.165) is 23.8 Å². The Morgan fingerprint density at radius 2 is 1.82 bits per heavy atom. The first-order chi connectivity index (χ1) is 28.5. The molecular formula is C42H43F4N7O7. The number of nitrogens with one attached hydrogen (secondary N) is 3. The van der Waals surface area contributed by atoms with Gasteiger partial charge in [0.05, 0.1) is 42.0 Å². The van der Waals surface area contributed by atoms with Crippen LogP contribution in [0.2, 0.25) is 0 Å². The lowest BCUT2D eigenvalue weighted by Gasteiger charge is -2.27.